The van der Waals surface area contributed by atoms with Crippen molar-refractivity contribution in [2.45, 2.75) is 38.6 Å². The van der Waals surface area contributed by atoms with Crippen LogP contribution in [0, 0.1) is 18.8 Å². The number of fused-ring (bicyclic) bond motifs is 1. The summed E-state index contributed by atoms with van der Waals surface area (Å²) in [6.45, 7) is 7.21. The van der Waals surface area contributed by atoms with Crippen LogP contribution in [0.25, 0.3) is 11.0 Å². The average Bonchev–Trinajstić information content (AvgIpc) is 3.33. The first kappa shape index (κ1) is 20.7. The van der Waals surface area contributed by atoms with Gasteiger partial charge in [0.15, 0.2) is 5.76 Å². The molecule has 1 aliphatic heterocycles. The van der Waals surface area contributed by atoms with Crippen molar-refractivity contribution < 1.29 is 22.0 Å². The number of carbonyl (C=O) groups is 1. The van der Waals surface area contributed by atoms with Crippen LogP contribution in [-0.2, 0) is 16.6 Å². The summed E-state index contributed by atoms with van der Waals surface area (Å²) in [6.07, 6.45) is 2.57. The normalized spacial score (nSPS) is 20.5. The highest BCUT2D eigenvalue weighted by Crippen LogP contribution is 2.31. The summed E-state index contributed by atoms with van der Waals surface area (Å²) in [5, 5.41) is 3.38. The number of nitrogens with zero attached hydrogens (tertiary/aromatic N) is 1. The molecule has 1 saturated heterocycles. The Bertz CT molecular complexity index is 1150. The van der Waals surface area contributed by atoms with E-state index in [9.17, 15) is 13.2 Å². The topological polar surface area (TPSA) is 92.8 Å². The smallest absolute Gasteiger partial charge is 0.287 e. The van der Waals surface area contributed by atoms with Gasteiger partial charge in [-0.1, -0.05) is 13.8 Å². The summed E-state index contributed by atoms with van der Waals surface area (Å²) in [7, 11) is -3.61. The summed E-state index contributed by atoms with van der Waals surface area (Å²) in [5.41, 5.74) is 1.09. The lowest BCUT2D eigenvalue weighted by Crippen LogP contribution is -2.42. The molecule has 1 aliphatic rings. The largest absolute Gasteiger partial charge is 0.467 e. The number of hydrogen-bond donors (Lipinski definition) is 1. The van der Waals surface area contributed by atoms with E-state index >= 15 is 0 Å². The highest BCUT2D eigenvalue weighted by Gasteiger charge is 2.32. The number of piperidine rings is 1. The SMILES string of the molecule is Cc1c(C(=O)NCc2ccco2)oc2ccc(S(=O)(=O)N3C[C@@H](C)C[C@H](C)C3)cc12. The predicted octanol–water partition coefficient (Wildman–Crippen LogP) is 3.93. The minimum Gasteiger partial charge on any atom is -0.467 e. The van der Waals surface area contributed by atoms with Crippen LogP contribution in [0.15, 0.2) is 50.3 Å². The van der Waals surface area contributed by atoms with Gasteiger partial charge in [-0.05, 0) is 55.5 Å². The fourth-order valence-corrected chi connectivity index (χ4v) is 5.90. The average molecular weight is 431 g/mol. The molecule has 3 heterocycles. The van der Waals surface area contributed by atoms with Crippen molar-refractivity contribution in [3.8, 4) is 0 Å². The maximum atomic E-state index is 13.2. The van der Waals surface area contributed by atoms with E-state index in [-0.39, 0.29) is 23.1 Å². The van der Waals surface area contributed by atoms with E-state index in [1.165, 1.54) is 0 Å². The van der Waals surface area contributed by atoms with Gasteiger partial charge >= 0.3 is 0 Å². The number of furan rings is 2. The van der Waals surface area contributed by atoms with Gasteiger partial charge in [-0.25, -0.2) is 8.42 Å². The lowest BCUT2D eigenvalue weighted by Gasteiger charge is -2.34. The lowest BCUT2D eigenvalue weighted by molar-refractivity contribution is 0.0921. The quantitative estimate of drug-likeness (QED) is 0.662. The first-order valence-corrected chi connectivity index (χ1v) is 11.5. The van der Waals surface area contributed by atoms with E-state index in [0.29, 0.717) is 47.2 Å². The van der Waals surface area contributed by atoms with Crippen LogP contribution in [0.5, 0.6) is 0 Å². The van der Waals surface area contributed by atoms with Crippen LogP contribution < -0.4 is 5.32 Å². The molecule has 1 fully saturated rings. The van der Waals surface area contributed by atoms with Gasteiger partial charge in [0.1, 0.15) is 11.3 Å². The van der Waals surface area contributed by atoms with E-state index in [2.05, 4.69) is 19.2 Å². The Balaban J connectivity index is 1.61. The summed E-state index contributed by atoms with van der Waals surface area (Å²) in [5.74, 6) is 1.09. The van der Waals surface area contributed by atoms with E-state index < -0.39 is 10.0 Å². The van der Waals surface area contributed by atoms with Gasteiger partial charge in [-0.2, -0.15) is 4.31 Å². The number of hydrogen-bond acceptors (Lipinski definition) is 5. The molecule has 0 aliphatic carbocycles. The zero-order valence-electron chi connectivity index (χ0n) is 17.3. The molecule has 4 rings (SSSR count). The van der Waals surface area contributed by atoms with E-state index in [1.807, 2.05) is 0 Å². The zero-order valence-corrected chi connectivity index (χ0v) is 18.2. The molecule has 160 valence electrons. The molecule has 0 spiro atoms. The maximum absolute atomic E-state index is 13.2. The molecule has 2 atom stereocenters. The monoisotopic (exact) mass is 430 g/mol. The van der Waals surface area contributed by atoms with Crippen LogP contribution in [0.1, 0.15) is 42.1 Å². The molecule has 0 unspecified atom stereocenters. The Morgan fingerprint density at radius 3 is 2.60 bits per heavy atom. The van der Waals surface area contributed by atoms with Gasteiger partial charge in [0.25, 0.3) is 5.91 Å². The number of rotatable bonds is 5. The number of nitrogens with one attached hydrogen (secondary N) is 1. The second-order valence-electron chi connectivity index (χ2n) is 8.24. The Morgan fingerprint density at radius 1 is 1.20 bits per heavy atom. The highest BCUT2D eigenvalue weighted by molar-refractivity contribution is 7.89. The van der Waals surface area contributed by atoms with E-state index in [4.69, 9.17) is 8.83 Å². The van der Waals surface area contributed by atoms with Crippen LogP contribution in [0.2, 0.25) is 0 Å². The van der Waals surface area contributed by atoms with Crippen molar-refractivity contribution in [1.29, 1.82) is 0 Å². The molecule has 0 radical (unpaired) electrons. The van der Waals surface area contributed by atoms with Crippen molar-refractivity contribution in [3.05, 3.63) is 53.7 Å². The van der Waals surface area contributed by atoms with Gasteiger partial charge in [-0.3, -0.25) is 4.79 Å². The molecule has 0 saturated carbocycles. The second kappa shape index (κ2) is 7.92. The van der Waals surface area contributed by atoms with Crippen LogP contribution in [-0.4, -0.2) is 31.7 Å². The van der Waals surface area contributed by atoms with Crippen molar-refractivity contribution in [3.63, 3.8) is 0 Å². The van der Waals surface area contributed by atoms with Crippen molar-refractivity contribution in [2.75, 3.05) is 13.1 Å². The predicted molar refractivity (Wildman–Crippen MR) is 113 cm³/mol. The first-order chi connectivity index (χ1) is 14.3. The molecule has 8 heteroatoms. The van der Waals surface area contributed by atoms with Crippen LogP contribution in [0.3, 0.4) is 0 Å². The lowest BCUT2D eigenvalue weighted by atomic mass is 9.94. The van der Waals surface area contributed by atoms with Crippen LogP contribution >= 0.6 is 0 Å². The molecule has 1 aromatic carbocycles. The number of carbonyl (C=O) groups excluding carboxylic acids is 1. The molecule has 30 heavy (non-hydrogen) atoms. The number of sulfonamides is 1. The van der Waals surface area contributed by atoms with Crippen molar-refractivity contribution >= 4 is 26.9 Å². The third-order valence-electron chi connectivity index (χ3n) is 5.59. The molecule has 3 aromatic rings. The molecular weight excluding hydrogens is 404 g/mol. The van der Waals surface area contributed by atoms with Gasteiger partial charge < -0.3 is 14.2 Å². The standard InChI is InChI=1S/C22H26N2O5S/c1-14-9-15(2)13-24(12-14)30(26,27)18-6-7-20-19(10-18)16(3)21(29-20)22(25)23-11-17-5-4-8-28-17/h4-8,10,14-15H,9,11-13H2,1-3H3,(H,23,25)/t14-,15-/m0/s1. The van der Waals surface area contributed by atoms with Gasteiger partial charge in [0.05, 0.1) is 17.7 Å². The molecule has 1 amide bonds. The Morgan fingerprint density at radius 2 is 1.93 bits per heavy atom. The zero-order chi connectivity index (χ0) is 21.5. The Kier molecular flexibility index (Phi) is 5.46. The van der Waals surface area contributed by atoms with E-state index in [1.54, 1.807) is 47.8 Å². The number of aryl methyl sites for hydroxylation is 1. The molecule has 0 bridgehead atoms. The Labute approximate surface area is 176 Å². The van der Waals surface area contributed by atoms with E-state index in [0.717, 1.165) is 6.42 Å². The minimum atomic E-state index is -3.61. The highest BCUT2D eigenvalue weighted by atomic mass is 32.2. The number of amides is 1. The Hall–Kier alpha value is -2.58. The summed E-state index contributed by atoms with van der Waals surface area (Å²) in [6, 6.07) is 8.30. The molecule has 1 N–H and O–H groups in total. The first-order valence-electron chi connectivity index (χ1n) is 10.1. The van der Waals surface area contributed by atoms with Gasteiger partial charge in [0.2, 0.25) is 10.0 Å². The summed E-state index contributed by atoms with van der Waals surface area (Å²) < 4.78 is 38.9. The minimum absolute atomic E-state index is 0.173. The molecule has 2 aromatic heterocycles. The molecule has 7 nitrogen and oxygen atoms in total. The summed E-state index contributed by atoms with van der Waals surface area (Å²) in [4.78, 5) is 12.8. The molecular formula is C22H26N2O5S. The third-order valence-corrected chi connectivity index (χ3v) is 7.42. The van der Waals surface area contributed by atoms with Crippen LogP contribution in [0.4, 0.5) is 0 Å². The van der Waals surface area contributed by atoms with Crippen molar-refractivity contribution in [2.24, 2.45) is 11.8 Å². The third kappa shape index (κ3) is 3.89. The number of benzene rings is 1. The van der Waals surface area contributed by atoms with Crippen molar-refractivity contribution in [1.82, 2.24) is 9.62 Å². The maximum Gasteiger partial charge on any atom is 0.287 e. The fraction of sp³-hybridized carbons (Fsp3) is 0.409. The van der Waals surface area contributed by atoms with Gasteiger partial charge in [0, 0.05) is 24.0 Å². The van der Waals surface area contributed by atoms with Gasteiger partial charge in [-0.15, -0.1) is 0 Å². The summed E-state index contributed by atoms with van der Waals surface area (Å²) >= 11 is 0. The fourth-order valence-electron chi connectivity index (χ4n) is 4.19. The second-order valence-corrected chi connectivity index (χ2v) is 10.2.